The maximum Gasteiger partial charge on any atom is 0.469 e. The molecular formula is C9H15N4O5PS. The van der Waals surface area contributed by atoms with Crippen LogP contribution in [-0.4, -0.2) is 37.0 Å². The summed E-state index contributed by atoms with van der Waals surface area (Å²) >= 11 is 4.82. The quantitative estimate of drug-likeness (QED) is 0.430. The van der Waals surface area contributed by atoms with Gasteiger partial charge in [0.25, 0.3) is 0 Å². The number of aromatic nitrogens is 2. The maximum atomic E-state index is 10.6. The minimum atomic E-state index is -4.49. The molecule has 0 aromatic carbocycles. The lowest BCUT2D eigenvalue weighted by Crippen LogP contribution is -2.18. The first-order valence-electron chi connectivity index (χ1n) is 5.75. The molecule has 2 rings (SSSR count). The van der Waals surface area contributed by atoms with E-state index in [1.165, 1.54) is 6.33 Å². The monoisotopic (exact) mass is 322 g/mol. The average molecular weight is 322 g/mol. The minimum absolute atomic E-state index is 0.0978. The lowest BCUT2D eigenvalue weighted by atomic mass is 10.2. The highest BCUT2D eigenvalue weighted by molar-refractivity contribution is 7.80. The lowest BCUT2D eigenvalue weighted by Gasteiger charge is -2.16. The number of phosphoric acid groups is 1. The van der Waals surface area contributed by atoms with E-state index in [4.69, 9.17) is 38.2 Å². The van der Waals surface area contributed by atoms with Gasteiger partial charge in [-0.3, -0.25) is 9.09 Å². The first-order valence-corrected chi connectivity index (χ1v) is 7.69. The van der Waals surface area contributed by atoms with Crippen LogP contribution in [0.2, 0.25) is 0 Å². The zero-order valence-electron chi connectivity index (χ0n) is 10.4. The van der Waals surface area contributed by atoms with Crippen molar-refractivity contribution in [3.63, 3.8) is 0 Å². The Hall–Kier alpha value is -1.03. The largest absolute Gasteiger partial charge is 0.469 e. The second kappa shape index (κ2) is 5.76. The molecule has 1 saturated heterocycles. The van der Waals surface area contributed by atoms with E-state index in [1.54, 1.807) is 4.57 Å². The Morgan fingerprint density at radius 3 is 2.90 bits per heavy atom. The molecule has 2 atom stereocenters. The molecule has 0 bridgehead atoms. The van der Waals surface area contributed by atoms with Crippen LogP contribution in [0.5, 0.6) is 0 Å². The highest BCUT2D eigenvalue weighted by Crippen LogP contribution is 2.38. The third kappa shape index (κ3) is 3.54. The molecule has 0 saturated carbocycles. The van der Waals surface area contributed by atoms with Gasteiger partial charge in [-0.05, 0) is 12.8 Å². The summed E-state index contributed by atoms with van der Waals surface area (Å²) in [6, 6.07) is 0. The van der Waals surface area contributed by atoms with Crippen LogP contribution in [0.1, 0.15) is 24.8 Å². The number of hydrogen-bond donors (Lipinski definition) is 4. The Morgan fingerprint density at radius 2 is 2.35 bits per heavy atom. The summed E-state index contributed by atoms with van der Waals surface area (Å²) in [5, 5.41) is 0. The summed E-state index contributed by atoms with van der Waals surface area (Å²) in [6.45, 7) is -0.183. The zero-order valence-corrected chi connectivity index (χ0v) is 12.1. The molecule has 0 aliphatic carbocycles. The lowest BCUT2D eigenvalue weighted by molar-refractivity contribution is -0.0211. The van der Waals surface area contributed by atoms with Crippen LogP contribution in [0, 0.1) is 0 Å². The molecule has 20 heavy (non-hydrogen) atoms. The molecule has 2 heterocycles. The number of ether oxygens (including phenoxy) is 1. The third-order valence-corrected chi connectivity index (χ3v) is 3.57. The van der Waals surface area contributed by atoms with Crippen molar-refractivity contribution in [3.8, 4) is 0 Å². The number of thiocarbonyl (C=S) groups is 1. The Balaban J connectivity index is 1.99. The first kappa shape index (κ1) is 15.4. The van der Waals surface area contributed by atoms with Crippen molar-refractivity contribution in [2.24, 2.45) is 5.73 Å². The number of nitrogens with zero attached hydrogens (tertiary/aromatic N) is 2. The van der Waals surface area contributed by atoms with E-state index < -0.39 is 13.9 Å². The van der Waals surface area contributed by atoms with Gasteiger partial charge in [-0.15, -0.1) is 0 Å². The van der Waals surface area contributed by atoms with Gasteiger partial charge < -0.3 is 26.0 Å². The van der Waals surface area contributed by atoms with E-state index in [9.17, 15) is 4.57 Å². The average Bonchev–Trinajstić information content (AvgIpc) is 2.91. The number of rotatable bonds is 5. The number of nitrogens with two attached hydrogens (primary N) is 2. The Morgan fingerprint density at radius 1 is 1.65 bits per heavy atom. The molecular weight excluding hydrogens is 307 g/mol. The molecule has 1 unspecified atom stereocenters. The Bertz CT molecular complexity index is 559. The smallest absolute Gasteiger partial charge is 0.388 e. The van der Waals surface area contributed by atoms with Crippen LogP contribution in [-0.2, 0) is 13.8 Å². The third-order valence-electron chi connectivity index (χ3n) is 2.89. The van der Waals surface area contributed by atoms with E-state index in [0.717, 1.165) is 0 Å². The molecule has 9 nitrogen and oxygen atoms in total. The van der Waals surface area contributed by atoms with Crippen LogP contribution >= 0.6 is 20.0 Å². The molecule has 1 aromatic rings. The van der Waals surface area contributed by atoms with Crippen LogP contribution in [0.25, 0.3) is 0 Å². The van der Waals surface area contributed by atoms with Crippen molar-refractivity contribution < 1.29 is 23.6 Å². The molecule has 1 aromatic heterocycles. The minimum Gasteiger partial charge on any atom is -0.388 e. The van der Waals surface area contributed by atoms with Crippen molar-refractivity contribution in [2.75, 3.05) is 12.3 Å². The van der Waals surface area contributed by atoms with E-state index in [-0.39, 0.29) is 17.8 Å². The highest BCUT2D eigenvalue weighted by Gasteiger charge is 2.30. The van der Waals surface area contributed by atoms with Gasteiger partial charge in [-0.1, -0.05) is 12.2 Å². The molecule has 0 spiro atoms. The second-order valence-electron chi connectivity index (χ2n) is 4.33. The van der Waals surface area contributed by atoms with Gasteiger partial charge in [0.05, 0.1) is 19.0 Å². The molecule has 1 fully saturated rings. The number of imidazole rings is 1. The molecule has 0 radical (unpaired) electrons. The van der Waals surface area contributed by atoms with Crippen molar-refractivity contribution in [2.45, 2.75) is 25.2 Å². The van der Waals surface area contributed by atoms with Gasteiger partial charge in [-0.2, -0.15) is 0 Å². The Labute approximate surface area is 120 Å². The number of nitrogen functional groups attached to an aromatic ring is 1. The fourth-order valence-corrected chi connectivity index (χ4v) is 2.50. The predicted octanol–water partition coefficient (Wildman–Crippen LogP) is -0.114. The van der Waals surface area contributed by atoms with Crippen molar-refractivity contribution >= 4 is 30.8 Å². The Kier molecular flexibility index (Phi) is 4.43. The maximum absolute atomic E-state index is 10.6. The van der Waals surface area contributed by atoms with Crippen LogP contribution < -0.4 is 11.5 Å². The van der Waals surface area contributed by atoms with Gasteiger partial charge in [0.2, 0.25) is 0 Å². The summed E-state index contributed by atoms with van der Waals surface area (Å²) in [6.07, 6.45) is 1.89. The molecule has 1 aliphatic rings. The van der Waals surface area contributed by atoms with Gasteiger partial charge in [0, 0.05) is 0 Å². The summed E-state index contributed by atoms with van der Waals surface area (Å²) in [4.78, 5) is 21.4. The van der Waals surface area contributed by atoms with Gasteiger partial charge in [-0.25, -0.2) is 9.55 Å². The van der Waals surface area contributed by atoms with E-state index in [1.807, 2.05) is 0 Å². The van der Waals surface area contributed by atoms with Crippen LogP contribution in [0.4, 0.5) is 5.82 Å². The predicted molar refractivity (Wildman–Crippen MR) is 73.7 cm³/mol. The molecule has 1 aliphatic heterocycles. The normalized spacial score (nSPS) is 23.1. The summed E-state index contributed by atoms with van der Waals surface area (Å²) in [5.74, 6) is 0.305. The van der Waals surface area contributed by atoms with Crippen LogP contribution in [0.3, 0.4) is 0 Å². The molecule has 6 N–H and O–H groups in total. The van der Waals surface area contributed by atoms with E-state index >= 15 is 0 Å². The molecule has 0 amide bonds. The number of anilines is 1. The highest BCUT2D eigenvalue weighted by atomic mass is 32.1. The van der Waals surface area contributed by atoms with Crippen molar-refractivity contribution in [3.05, 3.63) is 12.0 Å². The zero-order chi connectivity index (χ0) is 14.9. The van der Waals surface area contributed by atoms with Crippen molar-refractivity contribution in [1.29, 1.82) is 0 Å². The number of phosphoric ester groups is 1. The SMILES string of the molecule is NC(=S)c1ncn([C@H]2CCC(COP(=O)(O)O)O2)c1N. The molecule has 112 valence electrons. The van der Waals surface area contributed by atoms with Gasteiger partial charge in [0.1, 0.15) is 22.7 Å². The standard InChI is InChI=1S/C9H15N4O5PS/c10-8-7(9(11)20)12-4-13(8)6-2-1-5(18-6)3-17-19(14,15)16/h4-6H,1-3,10H2,(H2,11,20)(H2,14,15,16)/t5?,6-/m1/s1. The first-order chi connectivity index (χ1) is 9.28. The number of hydrogen-bond acceptors (Lipinski definition) is 6. The van der Waals surface area contributed by atoms with Gasteiger partial charge in [0.15, 0.2) is 0 Å². The fourth-order valence-electron chi connectivity index (χ4n) is 1.98. The summed E-state index contributed by atoms with van der Waals surface area (Å²) in [5.41, 5.74) is 11.7. The molecule has 11 heteroatoms. The van der Waals surface area contributed by atoms with E-state index in [2.05, 4.69) is 9.51 Å². The topological polar surface area (TPSA) is 146 Å². The second-order valence-corrected chi connectivity index (χ2v) is 6.01. The van der Waals surface area contributed by atoms with Crippen molar-refractivity contribution in [1.82, 2.24) is 9.55 Å². The summed E-state index contributed by atoms with van der Waals surface area (Å²) < 4.78 is 22.2. The van der Waals surface area contributed by atoms with E-state index in [0.29, 0.717) is 24.4 Å². The fraction of sp³-hybridized carbons (Fsp3) is 0.556. The summed E-state index contributed by atoms with van der Waals surface area (Å²) in [7, 11) is -4.49. The van der Waals surface area contributed by atoms with Gasteiger partial charge >= 0.3 is 7.82 Å². The van der Waals surface area contributed by atoms with Crippen LogP contribution in [0.15, 0.2) is 6.33 Å².